The molecule has 0 N–H and O–H groups in total. The van der Waals surface area contributed by atoms with Crippen LogP contribution in [0, 0.1) is 0 Å². The quantitative estimate of drug-likeness (QED) is 0.784. The summed E-state index contributed by atoms with van der Waals surface area (Å²) in [5.41, 5.74) is 1.49. The lowest BCUT2D eigenvalue weighted by atomic mass is 10.1. The van der Waals surface area contributed by atoms with E-state index in [1.165, 1.54) is 6.92 Å². The Hall–Kier alpha value is -2.69. The summed E-state index contributed by atoms with van der Waals surface area (Å²) in [6.07, 6.45) is 3.00. The Morgan fingerprint density at radius 1 is 1.24 bits per heavy atom. The second-order valence-electron chi connectivity index (χ2n) is 6.29. The Bertz CT molecular complexity index is 761. The number of pyridine rings is 1. The summed E-state index contributed by atoms with van der Waals surface area (Å²) in [5, 5.41) is 0. The van der Waals surface area contributed by atoms with Gasteiger partial charge in [-0.05, 0) is 51.0 Å². The van der Waals surface area contributed by atoms with Gasteiger partial charge in [0.05, 0.1) is 11.7 Å². The molecule has 25 heavy (non-hydrogen) atoms. The van der Waals surface area contributed by atoms with Crippen LogP contribution in [0.15, 0.2) is 48.7 Å². The molecule has 0 bridgehead atoms. The monoisotopic (exact) mass is 338 g/mol. The molecule has 1 saturated heterocycles. The summed E-state index contributed by atoms with van der Waals surface area (Å²) in [5.74, 6) is 0.447. The number of carbonyl (C=O) groups excluding carboxylic acids is 2. The van der Waals surface area contributed by atoms with Crippen molar-refractivity contribution in [1.82, 2.24) is 9.88 Å². The van der Waals surface area contributed by atoms with Crippen LogP contribution in [0.25, 0.3) is 0 Å². The summed E-state index contributed by atoms with van der Waals surface area (Å²) in [7, 11) is 0. The van der Waals surface area contributed by atoms with E-state index in [1.807, 2.05) is 23.1 Å². The standard InChI is InChI=1S/C20H22N2O3/c1-14(23)16-7-5-8-17(13-16)25-15(2)20(24)22-12-6-10-19(22)18-9-3-4-11-21-18/h3-5,7-9,11,13,15,19H,6,10,12H2,1-2H3. The molecule has 0 spiro atoms. The highest BCUT2D eigenvalue weighted by Gasteiger charge is 2.33. The van der Waals surface area contributed by atoms with Gasteiger partial charge < -0.3 is 9.64 Å². The van der Waals surface area contributed by atoms with Gasteiger partial charge in [0, 0.05) is 18.3 Å². The lowest BCUT2D eigenvalue weighted by Crippen LogP contribution is -2.40. The highest BCUT2D eigenvalue weighted by molar-refractivity contribution is 5.94. The highest BCUT2D eigenvalue weighted by Crippen LogP contribution is 2.31. The van der Waals surface area contributed by atoms with Crippen molar-refractivity contribution in [3.8, 4) is 5.75 Å². The van der Waals surface area contributed by atoms with Gasteiger partial charge in [-0.2, -0.15) is 0 Å². The predicted octanol–water partition coefficient (Wildman–Crippen LogP) is 3.42. The van der Waals surface area contributed by atoms with Gasteiger partial charge >= 0.3 is 0 Å². The number of ether oxygens (including phenoxy) is 1. The summed E-state index contributed by atoms with van der Waals surface area (Å²) in [6.45, 7) is 3.97. The number of carbonyl (C=O) groups is 2. The van der Waals surface area contributed by atoms with Crippen LogP contribution >= 0.6 is 0 Å². The van der Waals surface area contributed by atoms with Crippen molar-refractivity contribution >= 4 is 11.7 Å². The average Bonchev–Trinajstić information content (AvgIpc) is 3.11. The fourth-order valence-electron chi connectivity index (χ4n) is 3.19. The molecule has 2 aromatic rings. The van der Waals surface area contributed by atoms with Crippen LogP contribution in [-0.2, 0) is 4.79 Å². The van der Waals surface area contributed by atoms with Gasteiger partial charge in [-0.3, -0.25) is 14.6 Å². The summed E-state index contributed by atoms with van der Waals surface area (Å²) < 4.78 is 5.80. The molecule has 0 saturated carbocycles. The summed E-state index contributed by atoms with van der Waals surface area (Å²) in [4.78, 5) is 30.6. The average molecular weight is 338 g/mol. The molecule has 2 heterocycles. The van der Waals surface area contributed by atoms with E-state index in [-0.39, 0.29) is 17.7 Å². The fourth-order valence-corrected chi connectivity index (χ4v) is 3.19. The second-order valence-corrected chi connectivity index (χ2v) is 6.29. The van der Waals surface area contributed by atoms with Gasteiger partial charge in [0.1, 0.15) is 5.75 Å². The molecule has 1 aliphatic heterocycles. The van der Waals surface area contributed by atoms with E-state index in [4.69, 9.17) is 4.74 Å². The first-order chi connectivity index (χ1) is 12.1. The molecule has 1 aromatic carbocycles. The van der Waals surface area contributed by atoms with Crippen molar-refractivity contribution < 1.29 is 14.3 Å². The van der Waals surface area contributed by atoms with E-state index in [0.29, 0.717) is 17.9 Å². The normalized spacial score (nSPS) is 18.0. The zero-order valence-corrected chi connectivity index (χ0v) is 14.5. The molecule has 130 valence electrons. The van der Waals surface area contributed by atoms with Crippen LogP contribution in [0.5, 0.6) is 5.75 Å². The molecule has 5 nitrogen and oxygen atoms in total. The zero-order chi connectivity index (χ0) is 17.8. The molecule has 5 heteroatoms. The number of likely N-dealkylation sites (tertiary alicyclic amines) is 1. The lowest BCUT2D eigenvalue weighted by molar-refractivity contribution is -0.139. The number of nitrogens with zero attached hydrogens (tertiary/aromatic N) is 2. The van der Waals surface area contributed by atoms with E-state index in [0.717, 1.165) is 18.5 Å². The number of rotatable bonds is 5. The molecule has 0 radical (unpaired) electrons. The first-order valence-corrected chi connectivity index (χ1v) is 8.55. The third-order valence-corrected chi connectivity index (χ3v) is 4.47. The van der Waals surface area contributed by atoms with Crippen LogP contribution < -0.4 is 4.74 Å². The van der Waals surface area contributed by atoms with E-state index in [9.17, 15) is 9.59 Å². The molecule has 1 aliphatic rings. The summed E-state index contributed by atoms with van der Waals surface area (Å²) in [6, 6.07) is 12.7. The molecule has 3 rings (SSSR count). The van der Waals surface area contributed by atoms with Crippen molar-refractivity contribution in [1.29, 1.82) is 0 Å². The Kier molecular flexibility index (Phi) is 5.12. The number of hydrogen-bond acceptors (Lipinski definition) is 4. The molecule has 0 aliphatic carbocycles. The van der Waals surface area contributed by atoms with Crippen molar-refractivity contribution in [3.63, 3.8) is 0 Å². The highest BCUT2D eigenvalue weighted by atomic mass is 16.5. The van der Waals surface area contributed by atoms with Gasteiger partial charge in [-0.15, -0.1) is 0 Å². The van der Waals surface area contributed by atoms with E-state index in [2.05, 4.69) is 4.98 Å². The maximum atomic E-state index is 12.9. The summed E-state index contributed by atoms with van der Waals surface area (Å²) >= 11 is 0. The van der Waals surface area contributed by atoms with Gasteiger partial charge in [0.2, 0.25) is 0 Å². The van der Waals surface area contributed by atoms with Crippen molar-refractivity contribution in [3.05, 3.63) is 59.9 Å². The van der Waals surface area contributed by atoms with Crippen LogP contribution in [0.1, 0.15) is 48.8 Å². The Labute approximate surface area is 147 Å². The van der Waals surface area contributed by atoms with Gasteiger partial charge in [-0.25, -0.2) is 0 Å². The minimum atomic E-state index is -0.619. The van der Waals surface area contributed by atoms with E-state index >= 15 is 0 Å². The van der Waals surface area contributed by atoms with Crippen LogP contribution in [0.4, 0.5) is 0 Å². The predicted molar refractivity (Wildman–Crippen MR) is 94.5 cm³/mol. The van der Waals surface area contributed by atoms with E-state index < -0.39 is 6.10 Å². The Morgan fingerprint density at radius 2 is 2.08 bits per heavy atom. The molecule has 1 aromatic heterocycles. The molecule has 2 atom stereocenters. The van der Waals surface area contributed by atoms with Crippen molar-refractivity contribution in [2.75, 3.05) is 6.54 Å². The first-order valence-electron chi connectivity index (χ1n) is 8.55. The minimum absolute atomic E-state index is 0.00306. The Morgan fingerprint density at radius 3 is 2.80 bits per heavy atom. The van der Waals surface area contributed by atoms with Gasteiger partial charge in [0.25, 0.3) is 5.91 Å². The molecule has 1 amide bonds. The maximum absolute atomic E-state index is 12.9. The number of ketones is 1. The molecule has 1 fully saturated rings. The molecular formula is C20H22N2O3. The van der Waals surface area contributed by atoms with Crippen LogP contribution in [-0.4, -0.2) is 34.2 Å². The zero-order valence-electron chi connectivity index (χ0n) is 14.5. The SMILES string of the molecule is CC(=O)c1cccc(OC(C)C(=O)N2CCCC2c2ccccn2)c1. The third kappa shape index (κ3) is 3.87. The maximum Gasteiger partial charge on any atom is 0.263 e. The smallest absolute Gasteiger partial charge is 0.263 e. The third-order valence-electron chi connectivity index (χ3n) is 4.47. The van der Waals surface area contributed by atoms with Crippen LogP contribution in [0.3, 0.4) is 0 Å². The molecule has 2 unspecified atom stereocenters. The number of aromatic nitrogens is 1. The molecular weight excluding hydrogens is 316 g/mol. The van der Waals surface area contributed by atoms with Gasteiger partial charge in [0.15, 0.2) is 11.9 Å². The topological polar surface area (TPSA) is 59.5 Å². The number of benzene rings is 1. The number of hydrogen-bond donors (Lipinski definition) is 0. The largest absolute Gasteiger partial charge is 0.481 e. The fraction of sp³-hybridized carbons (Fsp3) is 0.350. The second kappa shape index (κ2) is 7.47. The number of Topliss-reactive ketones (excluding diaryl/α,β-unsaturated/α-hetero) is 1. The Balaban J connectivity index is 1.71. The van der Waals surface area contributed by atoms with Gasteiger partial charge in [-0.1, -0.05) is 18.2 Å². The van der Waals surface area contributed by atoms with Crippen molar-refractivity contribution in [2.24, 2.45) is 0 Å². The van der Waals surface area contributed by atoms with E-state index in [1.54, 1.807) is 37.4 Å². The van der Waals surface area contributed by atoms with Crippen LogP contribution in [0.2, 0.25) is 0 Å². The van der Waals surface area contributed by atoms with Crippen molar-refractivity contribution in [2.45, 2.75) is 38.8 Å². The first kappa shape index (κ1) is 17.1. The minimum Gasteiger partial charge on any atom is -0.481 e. The number of amides is 1. The lowest BCUT2D eigenvalue weighted by Gasteiger charge is -2.27.